The van der Waals surface area contributed by atoms with Gasteiger partial charge >= 0.3 is 8.80 Å². The van der Waals surface area contributed by atoms with Crippen molar-refractivity contribution in [2.45, 2.75) is 20.8 Å². The van der Waals surface area contributed by atoms with Gasteiger partial charge in [-0.1, -0.05) is 6.58 Å². The Kier molecular flexibility index (Phi) is 8.09. The Labute approximate surface area is 98.1 Å². The summed E-state index contributed by atoms with van der Waals surface area (Å²) in [5.41, 5.74) is 0. The number of carbonyl (C=O) groups excluding carboxylic acids is 1. The molecular formula is C10H21NO4Si. The maximum Gasteiger partial charge on any atom is 0.521 e. The van der Waals surface area contributed by atoms with E-state index in [1.807, 2.05) is 20.8 Å². The van der Waals surface area contributed by atoms with Gasteiger partial charge in [0.15, 0.2) is 0 Å². The molecule has 0 spiro atoms. The van der Waals surface area contributed by atoms with Crippen molar-refractivity contribution in [1.29, 1.82) is 0 Å². The van der Waals surface area contributed by atoms with E-state index in [0.29, 0.717) is 19.8 Å². The lowest BCUT2D eigenvalue weighted by molar-refractivity contribution is -0.116. The standard InChI is InChI=1S/C10H21NO4Si/c1-5-10(12)11-9-16(13-6-2,14-7-3)15-8-4/h5H,1,6-9H2,2-4H3,(H,11,12). The van der Waals surface area contributed by atoms with E-state index in [0.717, 1.165) is 0 Å². The molecule has 0 saturated carbocycles. The first-order valence-corrected chi connectivity index (χ1v) is 7.39. The fraction of sp³-hybridized carbons (Fsp3) is 0.700. The van der Waals surface area contributed by atoms with Crippen LogP contribution in [0.2, 0.25) is 0 Å². The Morgan fingerprint density at radius 1 is 1.19 bits per heavy atom. The zero-order valence-corrected chi connectivity index (χ0v) is 11.2. The average molecular weight is 247 g/mol. The predicted octanol–water partition coefficient (Wildman–Crippen LogP) is 0.876. The van der Waals surface area contributed by atoms with Crippen molar-refractivity contribution >= 4 is 14.7 Å². The van der Waals surface area contributed by atoms with Crippen LogP contribution in [0.15, 0.2) is 12.7 Å². The molecule has 0 unspecified atom stereocenters. The maximum absolute atomic E-state index is 11.1. The molecule has 0 fully saturated rings. The first-order chi connectivity index (χ1) is 7.64. The second-order valence-electron chi connectivity index (χ2n) is 2.90. The molecule has 6 heteroatoms. The predicted molar refractivity (Wildman–Crippen MR) is 63.8 cm³/mol. The Balaban J connectivity index is 4.45. The summed E-state index contributed by atoms with van der Waals surface area (Å²) in [6.07, 6.45) is 1.48. The van der Waals surface area contributed by atoms with Crippen molar-refractivity contribution in [1.82, 2.24) is 5.32 Å². The van der Waals surface area contributed by atoms with Crippen molar-refractivity contribution in [2.75, 3.05) is 26.0 Å². The quantitative estimate of drug-likeness (QED) is 0.485. The van der Waals surface area contributed by atoms with Gasteiger partial charge in [0.1, 0.15) is 0 Å². The maximum atomic E-state index is 11.1. The normalized spacial score (nSPS) is 11.2. The Morgan fingerprint density at radius 2 is 1.62 bits per heavy atom. The Bertz CT molecular complexity index is 206. The molecule has 0 rings (SSSR count). The van der Waals surface area contributed by atoms with Crippen LogP contribution in [-0.2, 0) is 18.1 Å². The third kappa shape index (κ3) is 5.41. The van der Waals surface area contributed by atoms with E-state index >= 15 is 0 Å². The minimum Gasteiger partial charge on any atom is -0.373 e. The number of hydrogen-bond acceptors (Lipinski definition) is 4. The summed E-state index contributed by atoms with van der Waals surface area (Å²) in [4.78, 5) is 11.1. The van der Waals surface area contributed by atoms with Gasteiger partial charge in [0, 0.05) is 19.8 Å². The SMILES string of the molecule is C=CC(=O)NC[Si](OCC)(OCC)OCC. The van der Waals surface area contributed by atoms with Gasteiger partial charge < -0.3 is 18.6 Å². The number of nitrogens with one attached hydrogen (secondary N) is 1. The summed E-state index contributed by atoms with van der Waals surface area (Å²) >= 11 is 0. The van der Waals surface area contributed by atoms with Gasteiger partial charge in [-0.3, -0.25) is 4.79 Å². The van der Waals surface area contributed by atoms with Crippen molar-refractivity contribution in [3.05, 3.63) is 12.7 Å². The number of rotatable bonds is 9. The molecule has 0 radical (unpaired) electrons. The van der Waals surface area contributed by atoms with E-state index in [4.69, 9.17) is 13.3 Å². The van der Waals surface area contributed by atoms with Crippen LogP contribution in [0.25, 0.3) is 0 Å². The molecular weight excluding hydrogens is 226 g/mol. The second-order valence-corrected chi connectivity index (χ2v) is 5.49. The van der Waals surface area contributed by atoms with E-state index in [-0.39, 0.29) is 12.1 Å². The molecule has 0 aromatic carbocycles. The van der Waals surface area contributed by atoms with Gasteiger partial charge in [-0.15, -0.1) is 0 Å². The summed E-state index contributed by atoms with van der Waals surface area (Å²) in [5, 5.41) is 2.66. The van der Waals surface area contributed by atoms with Crippen LogP contribution in [0.1, 0.15) is 20.8 Å². The summed E-state index contributed by atoms with van der Waals surface area (Å²) in [5.74, 6) is -0.254. The number of amides is 1. The molecule has 0 atom stereocenters. The molecule has 0 heterocycles. The van der Waals surface area contributed by atoms with E-state index in [1.54, 1.807) is 0 Å². The minimum absolute atomic E-state index is 0.254. The van der Waals surface area contributed by atoms with Gasteiger partial charge in [-0.2, -0.15) is 0 Å². The zero-order valence-electron chi connectivity index (χ0n) is 10.2. The van der Waals surface area contributed by atoms with E-state index in [1.165, 1.54) is 6.08 Å². The van der Waals surface area contributed by atoms with Crippen molar-refractivity contribution in [3.8, 4) is 0 Å². The highest BCUT2D eigenvalue weighted by Gasteiger charge is 2.40. The fourth-order valence-corrected chi connectivity index (χ4v) is 3.47. The first kappa shape index (κ1) is 15.3. The van der Waals surface area contributed by atoms with Crippen LogP contribution in [0, 0.1) is 0 Å². The van der Waals surface area contributed by atoms with E-state index in [2.05, 4.69) is 11.9 Å². The van der Waals surface area contributed by atoms with E-state index in [9.17, 15) is 4.79 Å². The molecule has 0 aliphatic rings. The fourth-order valence-electron chi connectivity index (χ4n) is 1.21. The molecule has 94 valence electrons. The third-order valence-corrected chi connectivity index (χ3v) is 4.55. The zero-order chi connectivity index (χ0) is 12.4. The van der Waals surface area contributed by atoms with Crippen LogP contribution in [0.3, 0.4) is 0 Å². The molecule has 0 aliphatic heterocycles. The van der Waals surface area contributed by atoms with Crippen molar-refractivity contribution in [3.63, 3.8) is 0 Å². The van der Waals surface area contributed by atoms with Gasteiger partial charge in [0.25, 0.3) is 0 Å². The van der Waals surface area contributed by atoms with Crippen LogP contribution < -0.4 is 5.32 Å². The summed E-state index contributed by atoms with van der Waals surface area (Å²) in [6.45, 7) is 10.5. The smallest absolute Gasteiger partial charge is 0.373 e. The lowest BCUT2D eigenvalue weighted by Gasteiger charge is -2.28. The van der Waals surface area contributed by atoms with Gasteiger partial charge in [-0.25, -0.2) is 0 Å². The van der Waals surface area contributed by atoms with Crippen molar-refractivity contribution in [2.24, 2.45) is 0 Å². The Hall–Kier alpha value is -0.693. The van der Waals surface area contributed by atoms with Crippen LogP contribution in [0.4, 0.5) is 0 Å². The highest BCUT2D eigenvalue weighted by Crippen LogP contribution is 2.08. The molecule has 0 aliphatic carbocycles. The van der Waals surface area contributed by atoms with Crippen LogP contribution in [-0.4, -0.2) is 40.7 Å². The topological polar surface area (TPSA) is 56.8 Å². The molecule has 0 bridgehead atoms. The van der Waals surface area contributed by atoms with Crippen molar-refractivity contribution < 1.29 is 18.1 Å². The molecule has 1 amide bonds. The summed E-state index contributed by atoms with van der Waals surface area (Å²) in [7, 11) is -2.75. The average Bonchev–Trinajstić information content (AvgIpc) is 2.27. The molecule has 0 saturated heterocycles. The lowest BCUT2D eigenvalue weighted by atomic mass is 10.6. The Morgan fingerprint density at radius 3 is 1.94 bits per heavy atom. The van der Waals surface area contributed by atoms with Gasteiger partial charge in [0.2, 0.25) is 5.91 Å². The molecule has 1 N–H and O–H groups in total. The molecule has 0 aromatic rings. The van der Waals surface area contributed by atoms with Crippen LogP contribution >= 0.6 is 0 Å². The summed E-state index contributed by atoms with van der Waals surface area (Å²) in [6, 6.07) is 0. The minimum atomic E-state index is -2.75. The largest absolute Gasteiger partial charge is 0.521 e. The van der Waals surface area contributed by atoms with Gasteiger partial charge in [-0.05, 0) is 26.8 Å². The number of carbonyl (C=O) groups is 1. The molecule has 5 nitrogen and oxygen atoms in total. The lowest BCUT2D eigenvalue weighted by Crippen LogP contribution is -2.55. The second kappa shape index (κ2) is 8.46. The van der Waals surface area contributed by atoms with Crippen LogP contribution in [0.5, 0.6) is 0 Å². The van der Waals surface area contributed by atoms with Gasteiger partial charge in [0.05, 0.1) is 6.17 Å². The molecule has 0 aromatic heterocycles. The third-order valence-electron chi connectivity index (χ3n) is 1.76. The highest BCUT2D eigenvalue weighted by atomic mass is 28.4. The summed E-state index contributed by atoms with van der Waals surface area (Å²) < 4.78 is 16.7. The van der Waals surface area contributed by atoms with E-state index < -0.39 is 8.80 Å². The monoisotopic (exact) mass is 247 g/mol. The number of hydrogen-bond donors (Lipinski definition) is 1. The highest BCUT2D eigenvalue weighted by molar-refractivity contribution is 6.61. The molecule has 16 heavy (non-hydrogen) atoms. The first-order valence-electron chi connectivity index (χ1n) is 5.46.